The molecule has 1 aromatic heterocycles. The molecule has 0 bridgehead atoms. The van der Waals surface area contributed by atoms with Gasteiger partial charge in [0.25, 0.3) is 0 Å². The molecule has 7 nitrogen and oxygen atoms in total. The molecule has 0 unspecified atom stereocenters. The van der Waals surface area contributed by atoms with Crippen LogP contribution in [-0.4, -0.2) is 27.2 Å². The van der Waals surface area contributed by atoms with Crippen LogP contribution in [0, 0.1) is 0 Å². The fraction of sp³-hybridized carbons (Fsp3) is 0.0769. The van der Waals surface area contributed by atoms with Crippen molar-refractivity contribution in [1.82, 2.24) is 10.2 Å². The van der Waals surface area contributed by atoms with Gasteiger partial charge in [-0.15, -0.1) is 10.2 Å². The second kappa shape index (κ2) is 5.79. The molecule has 0 saturated heterocycles. The minimum atomic E-state index is -1.16. The lowest BCUT2D eigenvalue weighted by Crippen LogP contribution is -2.07. The fourth-order valence-corrected chi connectivity index (χ4v) is 1.45. The SMILES string of the molecule is CC(=O)Nc1ccccc1Oc1ccc(C(=O)O)nn1. The maximum Gasteiger partial charge on any atom is 0.356 e. The minimum Gasteiger partial charge on any atom is -0.476 e. The van der Waals surface area contributed by atoms with Crippen molar-refractivity contribution in [2.75, 3.05) is 5.32 Å². The number of nitrogens with one attached hydrogen (secondary N) is 1. The first-order chi connectivity index (χ1) is 9.56. The summed E-state index contributed by atoms with van der Waals surface area (Å²) in [5.74, 6) is -0.871. The average Bonchev–Trinajstić information content (AvgIpc) is 2.41. The van der Waals surface area contributed by atoms with Gasteiger partial charge in [-0.1, -0.05) is 12.1 Å². The molecule has 7 heteroatoms. The molecule has 2 N–H and O–H groups in total. The first kappa shape index (κ1) is 13.5. The molecule has 1 amide bonds. The molecule has 0 fully saturated rings. The maximum absolute atomic E-state index is 11.1. The quantitative estimate of drug-likeness (QED) is 0.882. The number of carbonyl (C=O) groups excluding carboxylic acids is 1. The summed E-state index contributed by atoms with van der Waals surface area (Å²) in [5.41, 5.74) is 0.316. The summed E-state index contributed by atoms with van der Waals surface area (Å²) in [6.07, 6.45) is 0. The molecule has 0 radical (unpaired) electrons. The van der Waals surface area contributed by atoms with Crippen LogP contribution in [-0.2, 0) is 4.79 Å². The molecule has 0 aliphatic carbocycles. The van der Waals surface area contributed by atoms with E-state index in [1.54, 1.807) is 24.3 Å². The number of ether oxygens (including phenoxy) is 1. The number of carbonyl (C=O) groups is 2. The zero-order valence-electron chi connectivity index (χ0n) is 10.5. The zero-order valence-corrected chi connectivity index (χ0v) is 10.5. The molecule has 0 spiro atoms. The molecule has 0 atom stereocenters. The van der Waals surface area contributed by atoms with Crippen LogP contribution < -0.4 is 10.1 Å². The van der Waals surface area contributed by atoms with E-state index in [1.165, 1.54) is 19.1 Å². The highest BCUT2D eigenvalue weighted by Gasteiger charge is 2.09. The van der Waals surface area contributed by atoms with Gasteiger partial charge in [-0.2, -0.15) is 0 Å². The van der Waals surface area contributed by atoms with Crippen molar-refractivity contribution in [3.8, 4) is 11.6 Å². The molecule has 2 aromatic rings. The Kier molecular flexibility index (Phi) is 3.90. The lowest BCUT2D eigenvalue weighted by Gasteiger charge is -2.09. The monoisotopic (exact) mass is 273 g/mol. The summed E-state index contributed by atoms with van der Waals surface area (Å²) in [6, 6.07) is 9.48. The number of aromatic nitrogens is 2. The molecule has 1 heterocycles. The Morgan fingerprint density at radius 3 is 2.50 bits per heavy atom. The number of benzene rings is 1. The van der Waals surface area contributed by atoms with E-state index in [1.807, 2.05) is 0 Å². The van der Waals surface area contributed by atoms with Crippen molar-refractivity contribution in [2.24, 2.45) is 0 Å². The number of rotatable bonds is 4. The van der Waals surface area contributed by atoms with E-state index in [0.717, 1.165) is 0 Å². The molecule has 2 rings (SSSR count). The second-order valence-electron chi connectivity index (χ2n) is 3.84. The van der Waals surface area contributed by atoms with Crippen LogP contribution in [0.2, 0.25) is 0 Å². The molecular formula is C13H11N3O4. The number of anilines is 1. The van der Waals surface area contributed by atoms with E-state index >= 15 is 0 Å². The van der Waals surface area contributed by atoms with E-state index in [2.05, 4.69) is 15.5 Å². The Hall–Kier alpha value is -2.96. The van der Waals surface area contributed by atoms with Crippen LogP contribution >= 0.6 is 0 Å². The van der Waals surface area contributed by atoms with Crippen LogP contribution in [0.4, 0.5) is 5.69 Å². The smallest absolute Gasteiger partial charge is 0.356 e. The minimum absolute atomic E-state index is 0.132. The summed E-state index contributed by atoms with van der Waals surface area (Å²) in [6.45, 7) is 1.39. The Morgan fingerprint density at radius 2 is 1.90 bits per heavy atom. The maximum atomic E-state index is 11.1. The average molecular weight is 273 g/mol. The standard InChI is InChI=1S/C13H11N3O4/c1-8(17)14-9-4-2-3-5-11(9)20-12-7-6-10(13(18)19)15-16-12/h2-7H,1H3,(H,14,17)(H,18,19). The van der Waals surface area contributed by atoms with Crippen molar-refractivity contribution in [3.63, 3.8) is 0 Å². The van der Waals surface area contributed by atoms with Crippen LogP contribution in [0.25, 0.3) is 0 Å². The van der Waals surface area contributed by atoms with Gasteiger partial charge in [0.05, 0.1) is 5.69 Å². The Morgan fingerprint density at radius 1 is 1.15 bits per heavy atom. The lowest BCUT2D eigenvalue weighted by atomic mass is 10.3. The first-order valence-electron chi connectivity index (χ1n) is 5.68. The van der Waals surface area contributed by atoms with Gasteiger partial charge >= 0.3 is 5.97 Å². The van der Waals surface area contributed by atoms with E-state index < -0.39 is 5.97 Å². The second-order valence-corrected chi connectivity index (χ2v) is 3.84. The van der Waals surface area contributed by atoms with E-state index in [0.29, 0.717) is 11.4 Å². The van der Waals surface area contributed by atoms with Crippen molar-refractivity contribution < 1.29 is 19.4 Å². The fourth-order valence-electron chi connectivity index (χ4n) is 1.45. The lowest BCUT2D eigenvalue weighted by molar-refractivity contribution is -0.114. The van der Waals surface area contributed by atoms with E-state index in [9.17, 15) is 9.59 Å². The summed E-state index contributed by atoms with van der Waals surface area (Å²) < 4.78 is 5.46. The van der Waals surface area contributed by atoms with Crippen molar-refractivity contribution >= 4 is 17.6 Å². The number of carboxylic acid groups (broad SMARTS) is 1. The van der Waals surface area contributed by atoms with Crippen molar-refractivity contribution in [2.45, 2.75) is 6.92 Å². The van der Waals surface area contributed by atoms with Crippen LogP contribution in [0.3, 0.4) is 0 Å². The largest absolute Gasteiger partial charge is 0.476 e. The summed E-state index contributed by atoms with van der Waals surface area (Å²) in [4.78, 5) is 21.7. The Bertz CT molecular complexity index is 640. The van der Waals surface area contributed by atoms with Gasteiger partial charge in [0.15, 0.2) is 11.4 Å². The van der Waals surface area contributed by atoms with Crippen molar-refractivity contribution in [1.29, 1.82) is 0 Å². The highest BCUT2D eigenvalue weighted by atomic mass is 16.5. The van der Waals surface area contributed by atoms with Gasteiger partial charge in [0.2, 0.25) is 11.8 Å². The number of amides is 1. The third kappa shape index (κ3) is 3.29. The number of hydrogen-bond acceptors (Lipinski definition) is 5. The molecule has 102 valence electrons. The first-order valence-corrected chi connectivity index (χ1v) is 5.68. The van der Waals surface area contributed by atoms with E-state index in [4.69, 9.17) is 9.84 Å². The highest BCUT2D eigenvalue weighted by Crippen LogP contribution is 2.27. The van der Waals surface area contributed by atoms with Gasteiger partial charge in [0, 0.05) is 13.0 Å². The van der Waals surface area contributed by atoms with Gasteiger partial charge in [0.1, 0.15) is 0 Å². The van der Waals surface area contributed by atoms with Gasteiger partial charge in [-0.25, -0.2) is 4.79 Å². The number of aromatic carboxylic acids is 1. The summed E-state index contributed by atoms with van der Waals surface area (Å²) in [7, 11) is 0. The predicted molar refractivity (Wildman–Crippen MR) is 69.8 cm³/mol. The third-order valence-electron chi connectivity index (χ3n) is 2.27. The van der Waals surface area contributed by atoms with E-state index in [-0.39, 0.29) is 17.5 Å². The number of carboxylic acids is 1. The number of nitrogens with zero attached hydrogens (tertiary/aromatic N) is 2. The number of para-hydroxylation sites is 2. The molecule has 1 aromatic carbocycles. The topological polar surface area (TPSA) is 101 Å². The Labute approximate surface area is 114 Å². The van der Waals surface area contributed by atoms with Crippen LogP contribution in [0.1, 0.15) is 17.4 Å². The molecule has 20 heavy (non-hydrogen) atoms. The summed E-state index contributed by atoms with van der Waals surface area (Å²) >= 11 is 0. The van der Waals surface area contributed by atoms with Crippen LogP contribution in [0.5, 0.6) is 11.6 Å². The third-order valence-corrected chi connectivity index (χ3v) is 2.27. The van der Waals surface area contributed by atoms with Crippen LogP contribution in [0.15, 0.2) is 36.4 Å². The van der Waals surface area contributed by atoms with Crippen molar-refractivity contribution in [3.05, 3.63) is 42.1 Å². The zero-order chi connectivity index (χ0) is 14.5. The number of hydrogen-bond donors (Lipinski definition) is 2. The predicted octanol–water partition coefficient (Wildman–Crippen LogP) is 1.93. The Balaban J connectivity index is 2.21. The van der Waals surface area contributed by atoms with Gasteiger partial charge in [-0.05, 0) is 18.2 Å². The molecular weight excluding hydrogens is 262 g/mol. The molecule has 0 saturated carbocycles. The summed E-state index contributed by atoms with van der Waals surface area (Å²) in [5, 5.41) is 18.5. The highest BCUT2D eigenvalue weighted by molar-refractivity contribution is 5.90. The molecule has 0 aliphatic heterocycles. The molecule has 0 aliphatic rings. The normalized spacial score (nSPS) is 9.85. The van der Waals surface area contributed by atoms with Gasteiger partial charge < -0.3 is 15.2 Å². The van der Waals surface area contributed by atoms with Gasteiger partial charge in [-0.3, -0.25) is 4.79 Å².